The van der Waals surface area contributed by atoms with E-state index < -0.39 is 16.2 Å². The van der Waals surface area contributed by atoms with Crippen LogP contribution in [0.25, 0.3) is 0 Å². The second-order valence-electron chi connectivity index (χ2n) is 6.37. The second-order valence-corrected chi connectivity index (χ2v) is 7.94. The molecular weight excluding hydrogens is 357 g/mol. The van der Waals surface area contributed by atoms with Crippen LogP contribution in [-0.4, -0.2) is 34.7 Å². The van der Waals surface area contributed by atoms with Gasteiger partial charge in [-0.3, -0.25) is 4.18 Å². The van der Waals surface area contributed by atoms with Crippen molar-refractivity contribution in [2.24, 2.45) is 0 Å². The number of aryl methyl sites for hydroxylation is 1. The molecule has 3 rings (SSSR count). The normalized spacial score (nSPS) is 15.9. The van der Waals surface area contributed by atoms with Gasteiger partial charge < -0.3 is 9.64 Å². The van der Waals surface area contributed by atoms with Gasteiger partial charge in [-0.1, -0.05) is 17.7 Å². The lowest BCUT2D eigenvalue weighted by Gasteiger charge is -2.33. The van der Waals surface area contributed by atoms with Crippen LogP contribution < -0.4 is 9.64 Å². The van der Waals surface area contributed by atoms with E-state index in [4.69, 9.17) is 8.92 Å². The fourth-order valence-corrected chi connectivity index (χ4v) is 4.13. The molecule has 0 unspecified atom stereocenters. The van der Waals surface area contributed by atoms with Gasteiger partial charge in [0.05, 0.1) is 23.8 Å². The van der Waals surface area contributed by atoms with Crippen molar-refractivity contribution in [3.63, 3.8) is 0 Å². The van der Waals surface area contributed by atoms with Gasteiger partial charge in [-0.25, -0.2) is 4.39 Å². The predicted molar refractivity (Wildman–Crippen MR) is 97.6 cm³/mol. The van der Waals surface area contributed by atoms with Crippen LogP contribution in [0.5, 0.6) is 5.75 Å². The van der Waals surface area contributed by atoms with E-state index in [0.29, 0.717) is 37.4 Å². The molecule has 0 radical (unpaired) electrons. The molecule has 2 aromatic rings. The van der Waals surface area contributed by atoms with E-state index in [0.717, 1.165) is 5.56 Å². The zero-order valence-corrected chi connectivity index (χ0v) is 15.6. The summed E-state index contributed by atoms with van der Waals surface area (Å²) in [4.78, 5) is 2.04. The molecule has 7 heteroatoms. The van der Waals surface area contributed by atoms with Crippen LogP contribution in [0.1, 0.15) is 18.4 Å². The minimum atomic E-state index is -3.79. The molecule has 1 saturated heterocycles. The molecule has 0 aromatic heterocycles. The summed E-state index contributed by atoms with van der Waals surface area (Å²) in [5.74, 6) is 0.263. The van der Waals surface area contributed by atoms with Crippen LogP contribution in [0.3, 0.4) is 0 Å². The van der Waals surface area contributed by atoms with Gasteiger partial charge in [-0.2, -0.15) is 8.42 Å². The van der Waals surface area contributed by atoms with Crippen molar-refractivity contribution < 1.29 is 21.7 Å². The first-order valence-electron chi connectivity index (χ1n) is 8.47. The maximum Gasteiger partial charge on any atom is 0.297 e. The predicted octanol–water partition coefficient (Wildman–Crippen LogP) is 3.52. The monoisotopic (exact) mass is 379 g/mol. The largest absolute Gasteiger partial charge is 0.497 e. The summed E-state index contributed by atoms with van der Waals surface area (Å²) in [6, 6.07) is 11.2. The molecule has 0 atom stereocenters. The highest BCUT2D eigenvalue weighted by molar-refractivity contribution is 7.86. The van der Waals surface area contributed by atoms with Gasteiger partial charge in [0, 0.05) is 19.2 Å². The number of anilines is 1. The number of hydrogen-bond acceptors (Lipinski definition) is 5. The summed E-state index contributed by atoms with van der Waals surface area (Å²) in [5.41, 5.74) is 1.45. The Kier molecular flexibility index (Phi) is 5.48. The quantitative estimate of drug-likeness (QED) is 0.744. The third-order valence-electron chi connectivity index (χ3n) is 4.51. The van der Waals surface area contributed by atoms with E-state index in [-0.39, 0.29) is 10.7 Å². The molecule has 26 heavy (non-hydrogen) atoms. The topological polar surface area (TPSA) is 55.8 Å². The molecule has 2 aromatic carbocycles. The first kappa shape index (κ1) is 18.7. The van der Waals surface area contributed by atoms with Crippen molar-refractivity contribution in [3.8, 4) is 5.75 Å². The van der Waals surface area contributed by atoms with Crippen LogP contribution in [0.15, 0.2) is 47.4 Å². The molecule has 1 heterocycles. The van der Waals surface area contributed by atoms with E-state index in [1.54, 1.807) is 36.4 Å². The second kappa shape index (κ2) is 7.63. The van der Waals surface area contributed by atoms with Crippen LogP contribution in [0.4, 0.5) is 10.1 Å². The maximum atomic E-state index is 14.1. The number of halogens is 1. The number of ether oxygens (including phenoxy) is 1. The fourth-order valence-electron chi connectivity index (χ4n) is 2.99. The Bertz CT molecular complexity index is 860. The average Bonchev–Trinajstić information content (AvgIpc) is 2.63. The highest BCUT2D eigenvalue weighted by Crippen LogP contribution is 2.29. The Morgan fingerprint density at radius 1 is 1.08 bits per heavy atom. The summed E-state index contributed by atoms with van der Waals surface area (Å²) < 4.78 is 49.4. The summed E-state index contributed by atoms with van der Waals surface area (Å²) in [6.07, 6.45) is 0.593. The standard InChI is InChI=1S/C19H22FNO4S/c1-14-3-6-17(7-4-14)26(22,23)25-15-9-11-21(12-10-15)19-13-16(24-2)5-8-18(19)20/h3-8,13,15H,9-12H2,1-2H3. The minimum Gasteiger partial charge on any atom is -0.497 e. The fraction of sp³-hybridized carbons (Fsp3) is 0.368. The lowest BCUT2D eigenvalue weighted by Crippen LogP contribution is -2.38. The van der Waals surface area contributed by atoms with Crippen LogP contribution in [-0.2, 0) is 14.3 Å². The Morgan fingerprint density at radius 3 is 2.35 bits per heavy atom. The number of piperidine rings is 1. The first-order chi connectivity index (χ1) is 12.4. The Balaban J connectivity index is 1.64. The van der Waals surface area contributed by atoms with E-state index >= 15 is 0 Å². The van der Waals surface area contributed by atoms with E-state index in [9.17, 15) is 12.8 Å². The van der Waals surface area contributed by atoms with Gasteiger partial charge in [-0.15, -0.1) is 0 Å². The molecule has 5 nitrogen and oxygen atoms in total. The number of benzene rings is 2. The van der Waals surface area contributed by atoms with Gasteiger partial charge in [0.15, 0.2) is 0 Å². The maximum absolute atomic E-state index is 14.1. The Labute approximate surface area is 153 Å². The number of nitrogens with zero attached hydrogens (tertiary/aromatic N) is 1. The number of hydrogen-bond donors (Lipinski definition) is 0. The van der Waals surface area contributed by atoms with Gasteiger partial charge >= 0.3 is 0 Å². The number of rotatable bonds is 5. The SMILES string of the molecule is COc1ccc(F)c(N2CCC(OS(=O)(=O)c3ccc(C)cc3)CC2)c1. The molecule has 0 N–H and O–H groups in total. The Hall–Kier alpha value is -2.12. The van der Waals surface area contributed by atoms with Gasteiger partial charge in [0.2, 0.25) is 0 Å². The van der Waals surface area contributed by atoms with Crippen molar-refractivity contribution in [1.29, 1.82) is 0 Å². The van der Waals surface area contributed by atoms with Crippen LogP contribution in [0, 0.1) is 12.7 Å². The summed E-state index contributed by atoms with van der Waals surface area (Å²) in [5, 5.41) is 0. The molecular formula is C19H22FNO4S. The third kappa shape index (κ3) is 4.16. The minimum absolute atomic E-state index is 0.157. The molecule has 0 saturated carbocycles. The zero-order valence-electron chi connectivity index (χ0n) is 14.8. The molecule has 1 fully saturated rings. The highest BCUT2D eigenvalue weighted by atomic mass is 32.2. The summed E-state index contributed by atoms with van der Waals surface area (Å²) in [7, 11) is -2.26. The molecule has 1 aliphatic heterocycles. The smallest absolute Gasteiger partial charge is 0.297 e. The molecule has 1 aliphatic rings. The lowest BCUT2D eigenvalue weighted by atomic mass is 10.1. The van der Waals surface area contributed by atoms with E-state index in [1.165, 1.54) is 13.2 Å². The van der Waals surface area contributed by atoms with Crippen molar-refractivity contribution in [2.75, 3.05) is 25.1 Å². The van der Waals surface area contributed by atoms with Gasteiger partial charge in [0.25, 0.3) is 10.1 Å². The van der Waals surface area contributed by atoms with Crippen LogP contribution in [0.2, 0.25) is 0 Å². The van der Waals surface area contributed by atoms with Crippen molar-refractivity contribution in [3.05, 3.63) is 53.8 Å². The lowest BCUT2D eigenvalue weighted by molar-refractivity contribution is 0.178. The average molecular weight is 379 g/mol. The first-order valence-corrected chi connectivity index (χ1v) is 9.88. The summed E-state index contributed by atoms with van der Waals surface area (Å²) >= 11 is 0. The van der Waals surface area contributed by atoms with Gasteiger partial charge in [-0.05, 0) is 44.0 Å². The number of methoxy groups -OCH3 is 1. The van der Waals surface area contributed by atoms with Crippen molar-refractivity contribution in [1.82, 2.24) is 0 Å². The molecule has 0 amide bonds. The van der Waals surface area contributed by atoms with E-state index in [1.807, 2.05) is 11.8 Å². The van der Waals surface area contributed by atoms with Crippen molar-refractivity contribution in [2.45, 2.75) is 30.8 Å². The molecule has 140 valence electrons. The van der Waals surface area contributed by atoms with Crippen molar-refractivity contribution >= 4 is 15.8 Å². The Morgan fingerprint density at radius 2 is 1.73 bits per heavy atom. The third-order valence-corrected chi connectivity index (χ3v) is 5.88. The molecule has 0 aliphatic carbocycles. The van der Waals surface area contributed by atoms with Crippen LogP contribution >= 0.6 is 0 Å². The molecule has 0 bridgehead atoms. The summed E-state index contributed by atoms with van der Waals surface area (Å²) in [6.45, 7) is 2.92. The highest BCUT2D eigenvalue weighted by Gasteiger charge is 2.27. The zero-order chi connectivity index (χ0) is 18.7. The van der Waals surface area contributed by atoms with E-state index in [2.05, 4.69) is 0 Å². The molecule has 0 spiro atoms. The van der Waals surface area contributed by atoms with Gasteiger partial charge in [0.1, 0.15) is 11.6 Å².